The molecule has 0 bridgehead atoms. The summed E-state index contributed by atoms with van der Waals surface area (Å²) in [7, 11) is -4.17. The Morgan fingerprint density at radius 3 is 2.36 bits per heavy atom. The summed E-state index contributed by atoms with van der Waals surface area (Å²) in [5.41, 5.74) is 1.67. The normalized spacial score (nSPS) is 11.7. The third kappa shape index (κ3) is 3.71. The second kappa shape index (κ2) is 7.12. The monoisotopic (exact) mass is 436 g/mol. The number of halogens is 3. The molecular weight excluding hydrogens is 426 g/mol. The largest absolute Gasteiger partial charge is 0.280 e. The average Bonchev–Trinajstić information content (AvgIpc) is 3.04. The van der Waals surface area contributed by atoms with Crippen LogP contribution in [0, 0.1) is 11.6 Å². The lowest BCUT2D eigenvalue weighted by Gasteiger charge is -2.10. The topological polar surface area (TPSA) is 59.1 Å². The first-order valence-corrected chi connectivity index (χ1v) is 10.6. The van der Waals surface area contributed by atoms with Crippen molar-refractivity contribution in [1.29, 1.82) is 0 Å². The number of nitrogens with zero attached hydrogens (tertiary/aromatic N) is 1. The summed E-state index contributed by atoms with van der Waals surface area (Å²) in [5.74, 6) is -1.96. The molecule has 28 heavy (non-hydrogen) atoms. The second-order valence-corrected chi connectivity index (χ2v) is 9.01. The lowest BCUT2D eigenvalue weighted by atomic mass is 10.2. The van der Waals surface area contributed by atoms with Gasteiger partial charge in [0, 0.05) is 11.6 Å². The molecule has 4 rings (SSSR count). The smallest absolute Gasteiger partial charge is 0.262 e. The highest BCUT2D eigenvalue weighted by Crippen LogP contribution is 2.36. The van der Waals surface area contributed by atoms with Crippen LogP contribution in [0.4, 0.5) is 14.5 Å². The molecule has 0 spiro atoms. The molecule has 1 N–H and O–H groups in total. The first kappa shape index (κ1) is 18.8. The first-order valence-electron chi connectivity index (χ1n) is 7.96. The van der Waals surface area contributed by atoms with Gasteiger partial charge in [0.2, 0.25) is 0 Å². The maximum absolute atomic E-state index is 13.3. The summed E-state index contributed by atoms with van der Waals surface area (Å²) >= 11 is 7.79. The minimum absolute atomic E-state index is 0.166. The van der Waals surface area contributed by atoms with Gasteiger partial charge in [-0.3, -0.25) is 4.72 Å². The van der Waals surface area contributed by atoms with Crippen LogP contribution in [0.5, 0.6) is 0 Å². The molecule has 1 heterocycles. The molecule has 0 saturated heterocycles. The van der Waals surface area contributed by atoms with E-state index in [0.29, 0.717) is 21.7 Å². The number of anilines is 1. The SMILES string of the molecule is O=S(=O)(Nc1ccc(-c2nc3ccccc3s2)c(Cl)c1)c1cc(F)cc(F)c1. The van der Waals surface area contributed by atoms with Crippen LogP contribution in [0.25, 0.3) is 20.8 Å². The third-order valence-corrected chi connectivity index (χ3v) is 6.64. The highest BCUT2D eigenvalue weighted by Gasteiger charge is 2.18. The van der Waals surface area contributed by atoms with Crippen molar-refractivity contribution in [3.8, 4) is 10.6 Å². The fourth-order valence-corrected chi connectivity index (χ4v) is 5.06. The number of hydrogen-bond donors (Lipinski definition) is 1. The van der Waals surface area contributed by atoms with Crippen LogP contribution in [0.3, 0.4) is 0 Å². The standard InChI is InChI=1S/C19H11ClF2N2O2S2/c20-16-10-13(24-28(25,26)14-8-11(21)7-12(22)9-14)5-6-15(16)19-23-17-3-1-2-4-18(17)27-19/h1-10,24H. The maximum atomic E-state index is 13.3. The predicted octanol–water partition coefficient (Wildman–Crippen LogP) is 5.70. The molecule has 0 unspecified atom stereocenters. The van der Waals surface area contributed by atoms with Gasteiger partial charge in [-0.25, -0.2) is 22.2 Å². The fraction of sp³-hybridized carbons (Fsp3) is 0. The fourth-order valence-electron chi connectivity index (χ4n) is 2.64. The van der Waals surface area contributed by atoms with Gasteiger partial charge in [0.05, 0.1) is 25.8 Å². The number of aromatic nitrogens is 1. The lowest BCUT2D eigenvalue weighted by molar-refractivity contribution is 0.568. The van der Waals surface area contributed by atoms with Crippen molar-refractivity contribution in [3.05, 3.63) is 77.3 Å². The Kier molecular flexibility index (Phi) is 4.78. The number of fused-ring (bicyclic) bond motifs is 1. The molecule has 4 nitrogen and oxygen atoms in total. The summed E-state index contributed by atoms with van der Waals surface area (Å²) in [6, 6.07) is 14.3. The summed E-state index contributed by atoms with van der Waals surface area (Å²) in [6.45, 7) is 0. The lowest BCUT2D eigenvalue weighted by Crippen LogP contribution is -2.13. The van der Waals surface area contributed by atoms with Crippen LogP contribution in [-0.2, 0) is 10.0 Å². The van der Waals surface area contributed by atoms with E-state index in [0.717, 1.165) is 22.3 Å². The summed E-state index contributed by atoms with van der Waals surface area (Å²) in [4.78, 5) is 4.01. The van der Waals surface area contributed by atoms with Crippen molar-refractivity contribution < 1.29 is 17.2 Å². The van der Waals surface area contributed by atoms with E-state index in [9.17, 15) is 17.2 Å². The van der Waals surface area contributed by atoms with Crippen LogP contribution < -0.4 is 4.72 Å². The van der Waals surface area contributed by atoms with E-state index in [1.54, 1.807) is 6.07 Å². The molecular formula is C19H11ClF2N2O2S2. The molecule has 0 aliphatic rings. The molecule has 9 heteroatoms. The van der Waals surface area contributed by atoms with Crippen molar-refractivity contribution in [2.24, 2.45) is 0 Å². The molecule has 0 atom stereocenters. The number of sulfonamides is 1. The van der Waals surface area contributed by atoms with Crippen LogP contribution >= 0.6 is 22.9 Å². The van der Waals surface area contributed by atoms with E-state index in [4.69, 9.17) is 11.6 Å². The van der Waals surface area contributed by atoms with Gasteiger partial charge in [-0.1, -0.05) is 23.7 Å². The molecule has 0 saturated carbocycles. The molecule has 0 radical (unpaired) electrons. The predicted molar refractivity (Wildman–Crippen MR) is 107 cm³/mol. The zero-order valence-electron chi connectivity index (χ0n) is 14.0. The van der Waals surface area contributed by atoms with E-state index in [-0.39, 0.29) is 5.69 Å². The molecule has 0 aliphatic carbocycles. The van der Waals surface area contributed by atoms with Crippen LogP contribution in [0.15, 0.2) is 65.6 Å². The highest BCUT2D eigenvalue weighted by molar-refractivity contribution is 7.92. The van der Waals surface area contributed by atoms with Gasteiger partial charge in [-0.05, 0) is 42.5 Å². The van der Waals surface area contributed by atoms with E-state index in [1.807, 2.05) is 24.3 Å². The van der Waals surface area contributed by atoms with E-state index < -0.39 is 26.6 Å². The van der Waals surface area contributed by atoms with Crippen molar-refractivity contribution in [3.63, 3.8) is 0 Å². The molecule has 0 amide bonds. The van der Waals surface area contributed by atoms with Gasteiger partial charge >= 0.3 is 0 Å². The highest BCUT2D eigenvalue weighted by atomic mass is 35.5. The zero-order chi connectivity index (χ0) is 19.9. The summed E-state index contributed by atoms with van der Waals surface area (Å²) in [5, 5.41) is 0.998. The Hall–Kier alpha value is -2.55. The molecule has 0 fully saturated rings. The Bertz CT molecular complexity index is 1250. The van der Waals surface area contributed by atoms with Crippen molar-refractivity contribution >= 4 is 48.9 Å². The van der Waals surface area contributed by atoms with Gasteiger partial charge in [-0.15, -0.1) is 11.3 Å². The van der Waals surface area contributed by atoms with E-state index in [2.05, 4.69) is 9.71 Å². The maximum Gasteiger partial charge on any atom is 0.262 e. The van der Waals surface area contributed by atoms with E-state index in [1.165, 1.54) is 23.5 Å². The van der Waals surface area contributed by atoms with Gasteiger partial charge in [0.1, 0.15) is 16.6 Å². The number of para-hydroxylation sites is 1. The summed E-state index contributed by atoms with van der Waals surface area (Å²) in [6.07, 6.45) is 0. The molecule has 3 aromatic carbocycles. The Morgan fingerprint density at radius 2 is 1.68 bits per heavy atom. The van der Waals surface area contributed by atoms with Gasteiger partial charge < -0.3 is 0 Å². The summed E-state index contributed by atoms with van der Waals surface area (Å²) < 4.78 is 54.7. The quantitative estimate of drug-likeness (QED) is 0.446. The van der Waals surface area contributed by atoms with Crippen LogP contribution in [0.1, 0.15) is 0 Å². The van der Waals surface area contributed by atoms with Gasteiger partial charge in [-0.2, -0.15) is 0 Å². The van der Waals surface area contributed by atoms with E-state index >= 15 is 0 Å². The van der Waals surface area contributed by atoms with Crippen molar-refractivity contribution in [2.45, 2.75) is 4.90 Å². The number of thiazole rings is 1. The third-order valence-electron chi connectivity index (χ3n) is 3.89. The Balaban J connectivity index is 1.66. The molecule has 4 aromatic rings. The first-order chi connectivity index (χ1) is 13.3. The number of nitrogens with one attached hydrogen (secondary N) is 1. The minimum atomic E-state index is -4.17. The average molecular weight is 437 g/mol. The Morgan fingerprint density at radius 1 is 0.964 bits per heavy atom. The number of rotatable bonds is 4. The van der Waals surface area contributed by atoms with Crippen molar-refractivity contribution in [2.75, 3.05) is 4.72 Å². The molecule has 1 aromatic heterocycles. The second-order valence-electron chi connectivity index (χ2n) is 5.89. The molecule has 142 valence electrons. The van der Waals surface area contributed by atoms with Gasteiger partial charge in [0.25, 0.3) is 10.0 Å². The Labute approximate surface area is 168 Å². The minimum Gasteiger partial charge on any atom is -0.280 e. The van der Waals surface area contributed by atoms with Crippen LogP contribution in [-0.4, -0.2) is 13.4 Å². The van der Waals surface area contributed by atoms with Crippen LogP contribution in [0.2, 0.25) is 5.02 Å². The van der Waals surface area contributed by atoms with Crippen molar-refractivity contribution in [1.82, 2.24) is 4.98 Å². The zero-order valence-corrected chi connectivity index (χ0v) is 16.4. The number of hydrogen-bond acceptors (Lipinski definition) is 4. The molecule has 0 aliphatic heterocycles. The van der Waals surface area contributed by atoms with Gasteiger partial charge in [0.15, 0.2) is 0 Å². The number of benzene rings is 3.